The van der Waals surface area contributed by atoms with E-state index in [-0.39, 0.29) is 30.4 Å². The van der Waals surface area contributed by atoms with Crippen LogP contribution in [0.25, 0.3) is 0 Å². The number of carbonyl (C=O) groups is 2. The van der Waals surface area contributed by atoms with Crippen molar-refractivity contribution in [3.63, 3.8) is 0 Å². The second kappa shape index (κ2) is 11.6. The second-order valence-electron chi connectivity index (χ2n) is 8.76. The van der Waals surface area contributed by atoms with Gasteiger partial charge in [-0.2, -0.15) is 0 Å². The first-order valence-corrected chi connectivity index (χ1v) is 11.9. The Bertz CT molecular complexity index is 1210. The Morgan fingerprint density at radius 1 is 1.14 bits per heavy atom. The molecule has 0 radical (unpaired) electrons. The van der Waals surface area contributed by atoms with Gasteiger partial charge in [-0.1, -0.05) is 30.3 Å². The lowest BCUT2D eigenvalue weighted by molar-refractivity contribution is -0.136. The summed E-state index contributed by atoms with van der Waals surface area (Å²) in [4.78, 5) is 30.0. The van der Waals surface area contributed by atoms with Crippen LogP contribution in [0.1, 0.15) is 40.2 Å². The Morgan fingerprint density at radius 3 is 2.53 bits per heavy atom. The Labute approximate surface area is 209 Å². The van der Waals surface area contributed by atoms with Crippen LogP contribution in [0, 0.1) is 5.82 Å². The van der Waals surface area contributed by atoms with E-state index in [2.05, 4.69) is 27.8 Å². The molecule has 36 heavy (non-hydrogen) atoms. The minimum atomic E-state index is -0.621. The number of primary amides is 1. The summed E-state index contributed by atoms with van der Waals surface area (Å²) in [6, 6.07) is 16.2. The Morgan fingerprint density at radius 2 is 1.86 bits per heavy atom. The molecule has 9 heteroatoms. The molecule has 0 aliphatic carbocycles. The van der Waals surface area contributed by atoms with Crippen LogP contribution in [-0.4, -0.2) is 48.5 Å². The topological polar surface area (TPSA) is 110 Å². The fourth-order valence-corrected chi connectivity index (χ4v) is 4.36. The van der Waals surface area contributed by atoms with Crippen molar-refractivity contribution in [3.8, 4) is 0 Å². The molecule has 0 spiro atoms. The number of pyridine rings is 1. The fraction of sp³-hybridized carbons (Fsp3) is 0.296. The molecule has 3 aromatic rings. The van der Waals surface area contributed by atoms with Crippen LogP contribution >= 0.6 is 0 Å². The van der Waals surface area contributed by atoms with Gasteiger partial charge in [0.1, 0.15) is 18.2 Å². The molecule has 1 aromatic heterocycles. The van der Waals surface area contributed by atoms with Crippen molar-refractivity contribution >= 4 is 29.0 Å². The first-order chi connectivity index (χ1) is 17.4. The van der Waals surface area contributed by atoms with E-state index >= 15 is 0 Å². The molecule has 0 bridgehead atoms. The molecular formula is C27H30FN5O3. The number of nitrogens with two attached hydrogens (primary N) is 1. The molecule has 1 aliphatic heterocycles. The van der Waals surface area contributed by atoms with E-state index in [0.717, 1.165) is 31.6 Å². The Kier molecular flexibility index (Phi) is 8.12. The SMILES string of the molecule is COCC(=O)N1CCC(c2ccc(Nc3cc(NCc4ccccc4F)c(C(N)=O)cn3)cc2)CC1. The van der Waals surface area contributed by atoms with Crippen LogP contribution in [0.15, 0.2) is 60.8 Å². The Balaban J connectivity index is 1.40. The van der Waals surface area contributed by atoms with Crippen molar-refractivity contribution in [2.45, 2.75) is 25.3 Å². The van der Waals surface area contributed by atoms with Gasteiger partial charge in [0.25, 0.3) is 5.91 Å². The van der Waals surface area contributed by atoms with Crippen molar-refractivity contribution in [1.29, 1.82) is 0 Å². The number of benzene rings is 2. The number of hydrogen-bond acceptors (Lipinski definition) is 6. The zero-order valence-electron chi connectivity index (χ0n) is 20.2. The molecule has 2 heterocycles. The fourth-order valence-electron chi connectivity index (χ4n) is 4.36. The predicted octanol–water partition coefficient (Wildman–Crippen LogP) is 4.03. The van der Waals surface area contributed by atoms with Crippen LogP contribution in [0.4, 0.5) is 21.6 Å². The second-order valence-corrected chi connectivity index (χ2v) is 8.76. The maximum absolute atomic E-state index is 14.0. The number of anilines is 3. The monoisotopic (exact) mass is 491 g/mol. The first kappa shape index (κ1) is 25.1. The molecule has 0 atom stereocenters. The van der Waals surface area contributed by atoms with Gasteiger partial charge in [-0.05, 0) is 42.5 Å². The number of likely N-dealkylation sites (tertiary alicyclic amines) is 1. The van der Waals surface area contributed by atoms with Gasteiger partial charge in [-0.25, -0.2) is 9.37 Å². The third kappa shape index (κ3) is 6.17. The van der Waals surface area contributed by atoms with E-state index in [4.69, 9.17) is 10.5 Å². The van der Waals surface area contributed by atoms with Gasteiger partial charge in [-0.3, -0.25) is 9.59 Å². The Hall–Kier alpha value is -3.98. The number of rotatable bonds is 9. The number of amides is 2. The van der Waals surface area contributed by atoms with Crippen LogP contribution in [0.5, 0.6) is 0 Å². The molecule has 0 unspecified atom stereocenters. The average Bonchev–Trinajstić information content (AvgIpc) is 2.89. The molecule has 2 aromatic carbocycles. The lowest BCUT2D eigenvalue weighted by Crippen LogP contribution is -2.39. The van der Waals surface area contributed by atoms with Crippen LogP contribution in [0.2, 0.25) is 0 Å². The summed E-state index contributed by atoms with van der Waals surface area (Å²) in [5.41, 5.74) is 8.73. The molecule has 8 nitrogen and oxygen atoms in total. The van der Waals surface area contributed by atoms with Gasteiger partial charge in [0.05, 0.1) is 11.3 Å². The van der Waals surface area contributed by atoms with Crippen LogP contribution < -0.4 is 16.4 Å². The summed E-state index contributed by atoms with van der Waals surface area (Å²) in [6.45, 7) is 1.78. The minimum absolute atomic E-state index is 0.0353. The number of ether oxygens (including phenoxy) is 1. The number of methoxy groups -OCH3 is 1. The lowest BCUT2D eigenvalue weighted by Gasteiger charge is -2.32. The summed E-state index contributed by atoms with van der Waals surface area (Å²) >= 11 is 0. The molecule has 1 aliphatic rings. The molecule has 2 amide bonds. The summed E-state index contributed by atoms with van der Waals surface area (Å²) in [5.74, 6) is 0.00411. The third-order valence-corrected chi connectivity index (χ3v) is 6.37. The van der Waals surface area contributed by atoms with Gasteiger partial charge >= 0.3 is 0 Å². The van der Waals surface area contributed by atoms with E-state index in [0.29, 0.717) is 23.0 Å². The van der Waals surface area contributed by atoms with Gasteiger partial charge in [0.2, 0.25) is 5.91 Å². The zero-order chi connectivity index (χ0) is 25.5. The molecule has 4 rings (SSSR count). The highest BCUT2D eigenvalue weighted by atomic mass is 19.1. The standard InChI is InChI=1S/C27H30FN5O3/c1-36-17-26(34)33-12-10-19(11-13-33)18-6-8-21(9-7-18)32-25-14-24(22(16-31-25)27(29)35)30-15-20-4-2-3-5-23(20)28/h2-9,14,16,19H,10-13,15,17H2,1H3,(H2,29,35)(H2,30,31,32). The molecule has 4 N–H and O–H groups in total. The number of halogens is 1. The van der Waals surface area contributed by atoms with Gasteiger partial charge in [0.15, 0.2) is 0 Å². The highest BCUT2D eigenvalue weighted by Gasteiger charge is 2.23. The van der Waals surface area contributed by atoms with Crippen molar-refractivity contribution in [2.24, 2.45) is 5.73 Å². The largest absolute Gasteiger partial charge is 0.380 e. The summed E-state index contributed by atoms with van der Waals surface area (Å²) < 4.78 is 18.9. The van der Waals surface area contributed by atoms with Gasteiger partial charge in [0, 0.05) is 50.3 Å². The summed E-state index contributed by atoms with van der Waals surface area (Å²) in [5, 5.41) is 6.33. The molecular weight excluding hydrogens is 461 g/mol. The minimum Gasteiger partial charge on any atom is -0.380 e. The molecule has 0 saturated carbocycles. The van der Waals surface area contributed by atoms with Crippen molar-refractivity contribution < 1.29 is 18.7 Å². The maximum Gasteiger partial charge on any atom is 0.252 e. The van der Waals surface area contributed by atoms with E-state index in [1.807, 2.05) is 17.0 Å². The normalized spacial score (nSPS) is 13.9. The quantitative estimate of drug-likeness (QED) is 0.417. The number of hydrogen-bond donors (Lipinski definition) is 3. The third-order valence-electron chi connectivity index (χ3n) is 6.37. The number of aromatic nitrogens is 1. The lowest BCUT2D eigenvalue weighted by atomic mass is 9.89. The summed E-state index contributed by atoms with van der Waals surface area (Å²) in [6.07, 6.45) is 3.23. The van der Waals surface area contributed by atoms with Gasteiger partial charge < -0.3 is 26.0 Å². The predicted molar refractivity (Wildman–Crippen MR) is 137 cm³/mol. The first-order valence-electron chi connectivity index (χ1n) is 11.9. The molecule has 188 valence electrons. The number of nitrogens with one attached hydrogen (secondary N) is 2. The van der Waals surface area contributed by atoms with E-state index in [1.165, 1.54) is 24.9 Å². The highest BCUT2D eigenvalue weighted by Crippen LogP contribution is 2.30. The van der Waals surface area contributed by atoms with E-state index < -0.39 is 5.91 Å². The van der Waals surface area contributed by atoms with Crippen LogP contribution in [-0.2, 0) is 16.1 Å². The maximum atomic E-state index is 14.0. The van der Waals surface area contributed by atoms with Crippen LogP contribution in [0.3, 0.4) is 0 Å². The number of carbonyl (C=O) groups excluding carboxylic acids is 2. The van der Waals surface area contributed by atoms with Crippen molar-refractivity contribution in [1.82, 2.24) is 9.88 Å². The molecule has 1 saturated heterocycles. The zero-order valence-corrected chi connectivity index (χ0v) is 20.2. The van der Waals surface area contributed by atoms with Crippen molar-refractivity contribution in [3.05, 3.63) is 83.3 Å². The van der Waals surface area contributed by atoms with Gasteiger partial charge in [-0.15, -0.1) is 0 Å². The average molecular weight is 492 g/mol. The van der Waals surface area contributed by atoms with E-state index in [1.54, 1.807) is 24.3 Å². The number of piperidine rings is 1. The molecule has 1 fully saturated rings. The smallest absolute Gasteiger partial charge is 0.252 e. The highest BCUT2D eigenvalue weighted by molar-refractivity contribution is 5.98. The van der Waals surface area contributed by atoms with Crippen molar-refractivity contribution in [2.75, 3.05) is 37.4 Å². The van der Waals surface area contributed by atoms with E-state index in [9.17, 15) is 14.0 Å². The summed E-state index contributed by atoms with van der Waals surface area (Å²) in [7, 11) is 1.53. The number of nitrogens with zero attached hydrogens (tertiary/aromatic N) is 2.